The monoisotopic (exact) mass is 294 g/mol. The average Bonchev–Trinajstić information content (AvgIpc) is 2.56. The third-order valence-electron chi connectivity index (χ3n) is 3.81. The molecule has 0 aliphatic heterocycles. The van der Waals surface area contributed by atoms with Gasteiger partial charge >= 0.3 is 0 Å². The van der Waals surface area contributed by atoms with Crippen LogP contribution in [0.25, 0.3) is 10.9 Å². The van der Waals surface area contributed by atoms with Gasteiger partial charge in [0.15, 0.2) is 0 Å². The van der Waals surface area contributed by atoms with Gasteiger partial charge in [-0.3, -0.25) is 0 Å². The lowest BCUT2D eigenvalue weighted by Crippen LogP contribution is -1.97. The molecule has 1 N–H and O–H groups in total. The van der Waals surface area contributed by atoms with Crippen LogP contribution in [0, 0.1) is 6.92 Å². The molecular formula is C18H18N2O2. The van der Waals surface area contributed by atoms with E-state index in [4.69, 9.17) is 4.74 Å². The summed E-state index contributed by atoms with van der Waals surface area (Å²) in [6, 6.07) is 12.0. The number of fused-ring (bicyclic) bond motifs is 1. The Morgan fingerprint density at radius 3 is 2.64 bits per heavy atom. The fourth-order valence-corrected chi connectivity index (χ4v) is 2.57. The number of hydrogen-bond acceptors (Lipinski definition) is 4. The Hall–Kier alpha value is -2.46. The number of benzene rings is 2. The standard InChI is InChI=1S/C18H18N2O2/c1-12-3-4-13(9-18(12)22-2)7-16-15-6-5-14(10-21)8-17(15)20-11-19-16/h3-6,8-9,11,21H,7,10H2,1-2H3. The summed E-state index contributed by atoms with van der Waals surface area (Å²) in [5, 5.41) is 10.2. The van der Waals surface area contributed by atoms with Gasteiger partial charge in [-0.15, -0.1) is 0 Å². The minimum atomic E-state index is 0.0183. The Morgan fingerprint density at radius 1 is 1.05 bits per heavy atom. The number of aryl methyl sites for hydroxylation is 1. The van der Waals surface area contributed by atoms with Gasteiger partial charge < -0.3 is 9.84 Å². The topological polar surface area (TPSA) is 55.2 Å². The maximum atomic E-state index is 9.23. The summed E-state index contributed by atoms with van der Waals surface area (Å²) in [6.45, 7) is 2.05. The molecule has 0 bridgehead atoms. The number of hydrogen-bond donors (Lipinski definition) is 1. The maximum absolute atomic E-state index is 9.23. The molecule has 112 valence electrons. The van der Waals surface area contributed by atoms with Crippen molar-refractivity contribution in [3.05, 3.63) is 65.1 Å². The normalized spacial score (nSPS) is 10.9. The first-order valence-electron chi connectivity index (χ1n) is 7.18. The zero-order valence-corrected chi connectivity index (χ0v) is 12.7. The van der Waals surface area contributed by atoms with Crippen molar-refractivity contribution in [2.75, 3.05) is 7.11 Å². The van der Waals surface area contributed by atoms with E-state index in [0.717, 1.165) is 39.0 Å². The van der Waals surface area contributed by atoms with Crippen LogP contribution in [0.15, 0.2) is 42.7 Å². The van der Waals surface area contributed by atoms with E-state index < -0.39 is 0 Å². The molecule has 0 aliphatic carbocycles. The Labute approximate surface area is 129 Å². The fourth-order valence-electron chi connectivity index (χ4n) is 2.57. The van der Waals surface area contributed by atoms with Crippen LogP contribution in [-0.4, -0.2) is 22.2 Å². The van der Waals surface area contributed by atoms with Crippen molar-refractivity contribution in [2.24, 2.45) is 0 Å². The predicted molar refractivity (Wildman–Crippen MR) is 86.0 cm³/mol. The lowest BCUT2D eigenvalue weighted by atomic mass is 10.0. The van der Waals surface area contributed by atoms with E-state index in [1.54, 1.807) is 13.4 Å². The molecule has 0 saturated carbocycles. The molecule has 0 fully saturated rings. The smallest absolute Gasteiger partial charge is 0.122 e. The summed E-state index contributed by atoms with van der Waals surface area (Å²) < 4.78 is 5.38. The molecule has 0 saturated heterocycles. The van der Waals surface area contributed by atoms with E-state index in [1.807, 2.05) is 31.2 Å². The Bertz CT molecular complexity index is 815. The van der Waals surface area contributed by atoms with Crippen molar-refractivity contribution >= 4 is 10.9 Å². The van der Waals surface area contributed by atoms with Crippen LogP contribution in [0.5, 0.6) is 5.75 Å². The molecule has 0 aliphatic rings. The number of methoxy groups -OCH3 is 1. The van der Waals surface area contributed by atoms with Crippen LogP contribution in [0.3, 0.4) is 0 Å². The van der Waals surface area contributed by atoms with Crippen molar-refractivity contribution in [3.8, 4) is 5.75 Å². The van der Waals surface area contributed by atoms with Gasteiger partial charge in [-0.05, 0) is 35.7 Å². The van der Waals surface area contributed by atoms with Crippen molar-refractivity contribution in [2.45, 2.75) is 20.0 Å². The SMILES string of the molecule is COc1cc(Cc2ncnc3cc(CO)ccc23)ccc1C. The summed E-state index contributed by atoms with van der Waals surface area (Å²) in [4.78, 5) is 8.71. The van der Waals surface area contributed by atoms with Gasteiger partial charge in [0.1, 0.15) is 12.1 Å². The number of rotatable bonds is 4. The van der Waals surface area contributed by atoms with Gasteiger partial charge in [0, 0.05) is 11.8 Å². The molecule has 2 aromatic carbocycles. The molecule has 0 spiro atoms. The number of nitrogens with zero attached hydrogens (tertiary/aromatic N) is 2. The van der Waals surface area contributed by atoms with Crippen LogP contribution in [0.1, 0.15) is 22.4 Å². The highest BCUT2D eigenvalue weighted by Crippen LogP contribution is 2.23. The molecule has 3 rings (SSSR count). The van der Waals surface area contributed by atoms with E-state index >= 15 is 0 Å². The molecule has 1 heterocycles. The molecule has 22 heavy (non-hydrogen) atoms. The van der Waals surface area contributed by atoms with Gasteiger partial charge in [0.25, 0.3) is 0 Å². The fraction of sp³-hybridized carbons (Fsp3) is 0.222. The predicted octanol–water partition coefficient (Wildman–Crippen LogP) is 3.03. The second kappa shape index (κ2) is 6.12. The lowest BCUT2D eigenvalue weighted by molar-refractivity contribution is 0.282. The highest BCUT2D eigenvalue weighted by Gasteiger charge is 2.07. The van der Waals surface area contributed by atoms with Gasteiger partial charge in [-0.2, -0.15) is 0 Å². The molecular weight excluding hydrogens is 276 g/mol. The summed E-state index contributed by atoms with van der Waals surface area (Å²) in [7, 11) is 1.68. The molecule has 0 amide bonds. The zero-order valence-electron chi connectivity index (χ0n) is 12.7. The molecule has 0 atom stereocenters. The van der Waals surface area contributed by atoms with E-state index in [1.165, 1.54) is 0 Å². The van der Waals surface area contributed by atoms with Gasteiger partial charge in [-0.1, -0.05) is 24.3 Å². The van der Waals surface area contributed by atoms with Gasteiger partial charge in [-0.25, -0.2) is 9.97 Å². The Morgan fingerprint density at radius 2 is 1.86 bits per heavy atom. The van der Waals surface area contributed by atoms with E-state index in [-0.39, 0.29) is 6.61 Å². The highest BCUT2D eigenvalue weighted by atomic mass is 16.5. The van der Waals surface area contributed by atoms with E-state index in [2.05, 4.69) is 22.1 Å². The minimum absolute atomic E-state index is 0.0183. The van der Waals surface area contributed by atoms with Gasteiger partial charge in [0.05, 0.1) is 24.9 Å². The molecule has 1 aromatic heterocycles. The summed E-state index contributed by atoms with van der Waals surface area (Å²) in [6.07, 6.45) is 2.29. The summed E-state index contributed by atoms with van der Waals surface area (Å²) in [5.74, 6) is 0.887. The number of aromatic nitrogens is 2. The van der Waals surface area contributed by atoms with Crippen molar-refractivity contribution in [1.82, 2.24) is 9.97 Å². The third kappa shape index (κ3) is 2.78. The number of ether oxygens (including phenoxy) is 1. The summed E-state index contributed by atoms with van der Waals surface area (Å²) in [5.41, 5.74) is 4.95. The second-order valence-corrected chi connectivity index (χ2v) is 5.31. The van der Waals surface area contributed by atoms with Crippen LogP contribution in [-0.2, 0) is 13.0 Å². The first kappa shape index (κ1) is 14.5. The van der Waals surface area contributed by atoms with E-state index in [9.17, 15) is 5.11 Å². The number of aliphatic hydroxyl groups excluding tert-OH is 1. The lowest BCUT2D eigenvalue weighted by Gasteiger charge is -2.09. The Balaban J connectivity index is 2.00. The van der Waals surface area contributed by atoms with Crippen LogP contribution in [0.2, 0.25) is 0 Å². The first-order valence-corrected chi connectivity index (χ1v) is 7.18. The zero-order chi connectivity index (χ0) is 15.5. The second-order valence-electron chi connectivity index (χ2n) is 5.31. The van der Waals surface area contributed by atoms with Crippen molar-refractivity contribution < 1.29 is 9.84 Å². The third-order valence-corrected chi connectivity index (χ3v) is 3.81. The molecule has 0 radical (unpaired) electrons. The van der Waals surface area contributed by atoms with E-state index in [0.29, 0.717) is 6.42 Å². The summed E-state index contributed by atoms with van der Waals surface area (Å²) >= 11 is 0. The van der Waals surface area contributed by atoms with Crippen LogP contribution in [0.4, 0.5) is 0 Å². The van der Waals surface area contributed by atoms with Crippen LogP contribution >= 0.6 is 0 Å². The van der Waals surface area contributed by atoms with Gasteiger partial charge in [0.2, 0.25) is 0 Å². The quantitative estimate of drug-likeness (QED) is 0.803. The van der Waals surface area contributed by atoms with Crippen molar-refractivity contribution in [3.63, 3.8) is 0 Å². The highest BCUT2D eigenvalue weighted by molar-refractivity contribution is 5.81. The molecule has 4 heteroatoms. The first-order chi connectivity index (χ1) is 10.7. The average molecular weight is 294 g/mol. The Kier molecular flexibility index (Phi) is 4.02. The minimum Gasteiger partial charge on any atom is -0.496 e. The van der Waals surface area contributed by atoms with Crippen LogP contribution < -0.4 is 4.74 Å². The molecule has 4 nitrogen and oxygen atoms in total. The number of aliphatic hydroxyl groups is 1. The van der Waals surface area contributed by atoms with Crippen molar-refractivity contribution in [1.29, 1.82) is 0 Å². The molecule has 0 unspecified atom stereocenters. The maximum Gasteiger partial charge on any atom is 0.122 e. The largest absolute Gasteiger partial charge is 0.496 e. The molecule has 3 aromatic rings.